The molecule has 6 heteroatoms. The van der Waals surface area contributed by atoms with Gasteiger partial charge >= 0.3 is 0 Å². The van der Waals surface area contributed by atoms with Gasteiger partial charge in [0.2, 0.25) is 5.82 Å². The molecule has 0 saturated carbocycles. The van der Waals surface area contributed by atoms with Crippen LogP contribution < -0.4 is 0 Å². The summed E-state index contributed by atoms with van der Waals surface area (Å²) >= 11 is 11.7. The fourth-order valence-electron chi connectivity index (χ4n) is 1.28. The summed E-state index contributed by atoms with van der Waals surface area (Å²) in [6.45, 7) is 1.69. The highest BCUT2D eigenvalue weighted by Gasteiger charge is 2.12. The first kappa shape index (κ1) is 9.43. The second-order valence-electron chi connectivity index (χ2n) is 2.81. The van der Waals surface area contributed by atoms with E-state index in [2.05, 4.69) is 10.2 Å². The summed E-state index contributed by atoms with van der Waals surface area (Å²) in [4.78, 5) is 14.6. The van der Waals surface area contributed by atoms with Gasteiger partial charge in [0.1, 0.15) is 0 Å². The van der Waals surface area contributed by atoms with E-state index in [1.54, 1.807) is 19.2 Å². The van der Waals surface area contributed by atoms with Gasteiger partial charge in [0, 0.05) is 6.20 Å². The van der Waals surface area contributed by atoms with Crippen LogP contribution in [0.25, 0.3) is 5.65 Å². The quantitative estimate of drug-likeness (QED) is 0.705. The number of nitrogens with zero attached hydrogens (tertiary/aromatic N) is 3. The highest BCUT2D eigenvalue weighted by molar-refractivity contribution is 6.36. The molecule has 0 fully saturated rings. The first-order valence-electron chi connectivity index (χ1n) is 3.80. The number of hydrogen-bond acceptors (Lipinski definition) is 3. The molecule has 0 spiro atoms. The number of halogens is 2. The molecule has 0 bridgehead atoms. The minimum absolute atomic E-state index is 0.226. The topological polar surface area (TPSA) is 46.7 Å². The maximum absolute atomic E-state index is 10.5. The molecular weight excluding hydrogens is 225 g/mol. The van der Waals surface area contributed by atoms with Crippen molar-refractivity contribution < 1.29 is 0 Å². The van der Waals surface area contributed by atoms with Crippen molar-refractivity contribution in [3.05, 3.63) is 32.9 Å². The molecule has 2 aromatic rings. The number of fused-ring (bicyclic) bond motifs is 1. The lowest BCUT2D eigenvalue weighted by molar-refractivity contribution is 1.15. The summed E-state index contributed by atoms with van der Waals surface area (Å²) < 4.78 is 1.48. The zero-order chi connectivity index (χ0) is 10.3. The van der Waals surface area contributed by atoms with Crippen molar-refractivity contribution in [1.29, 1.82) is 0 Å². The first-order chi connectivity index (χ1) is 6.63. The van der Waals surface area contributed by atoms with Crippen molar-refractivity contribution in [1.82, 2.24) is 9.38 Å². The summed E-state index contributed by atoms with van der Waals surface area (Å²) in [5.41, 5.74) is 1.02. The SMILES string of the molecule is Cc1nc2c(Cl)cc(Cl)cn2c1N=O. The van der Waals surface area contributed by atoms with Crippen LogP contribution in [0.1, 0.15) is 5.69 Å². The van der Waals surface area contributed by atoms with Gasteiger partial charge in [-0.2, -0.15) is 0 Å². The Labute approximate surface area is 89.4 Å². The predicted molar refractivity (Wildman–Crippen MR) is 55.4 cm³/mol. The number of aryl methyl sites for hydroxylation is 1. The van der Waals surface area contributed by atoms with Crippen molar-refractivity contribution in [3.63, 3.8) is 0 Å². The molecule has 0 amide bonds. The van der Waals surface area contributed by atoms with E-state index >= 15 is 0 Å². The van der Waals surface area contributed by atoms with Crippen LogP contribution >= 0.6 is 23.2 Å². The fraction of sp³-hybridized carbons (Fsp3) is 0.125. The van der Waals surface area contributed by atoms with Gasteiger partial charge in [-0.15, -0.1) is 4.91 Å². The summed E-state index contributed by atoms with van der Waals surface area (Å²) in [5.74, 6) is 0.226. The Hall–Kier alpha value is -1.13. The molecule has 2 heterocycles. The Morgan fingerprint density at radius 3 is 2.86 bits per heavy atom. The van der Waals surface area contributed by atoms with E-state index in [4.69, 9.17) is 23.2 Å². The van der Waals surface area contributed by atoms with E-state index in [1.807, 2.05) is 0 Å². The van der Waals surface area contributed by atoms with Crippen molar-refractivity contribution >= 4 is 34.7 Å². The molecule has 72 valence electrons. The summed E-state index contributed by atoms with van der Waals surface area (Å²) in [5, 5.41) is 3.71. The standard InChI is InChI=1S/C8H5Cl2N3O/c1-4-7(12-14)13-3-5(9)2-6(10)8(13)11-4/h2-3H,1H3. The van der Waals surface area contributed by atoms with Gasteiger partial charge < -0.3 is 0 Å². The van der Waals surface area contributed by atoms with E-state index in [1.165, 1.54) is 4.40 Å². The summed E-state index contributed by atoms with van der Waals surface area (Å²) in [6, 6.07) is 1.57. The van der Waals surface area contributed by atoms with Crippen molar-refractivity contribution in [2.45, 2.75) is 6.92 Å². The van der Waals surface area contributed by atoms with Crippen molar-refractivity contribution in [3.8, 4) is 0 Å². The van der Waals surface area contributed by atoms with Crippen LogP contribution in [0.5, 0.6) is 0 Å². The second kappa shape index (κ2) is 3.22. The van der Waals surface area contributed by atoms with Crippen LogP contribution in [-0.2, 0) is 0 Å². The van der Waals surface area contributed by atoms with Crippen LogP contribution in [-0.4, -0.2) is 9.38 Å². The van der Waals surface area contributed by atoms with Crippen LogP contribution in [0, 0.1) is 11.8 Å². The van der Waals surface area contributed by atoms with E-state index in [0.717, 1.165) is 0 Å². The van der Waals surface area contributed by atoms with Gasteiger partial charge in [-0.05, 0) is 18.2 Å². The third kappa shape index (κ3) is 1.27. The monoisotopic (exact) mass is 229 g/mol. The Kier molecular flexibility index (Phi) is 2.17. The van der Waals surface area contributed by atoms with Crippen LogP contribution in [0.2, 0.25) is 10.0 Å². The molecule has 0 unspecified atom stereocenters. The molecule has 0 atom stereocenters. The number of pyridine rings is 1. The third-order valence-corrected chi connectivity index (χ3v) is 2.36. The van der Waals surface area contributed by atoms with E-state index < -0.39 is 0 Å². The molecule has 0 aliphatic heterocycles. The van der Waals surface area contributed by atoms with E-state index in [9.17, 15) is 4.91 Å². The average molecular weight is 230 g/mol. The summed E-state index contributed by atoms with van der Waals surface area (Å²) in [6.07, 6.45) is 1.56. The zero-order valence-corrected chi connectivity index (χ0v) is 8.67. The van der Waals surface area contributed by atoms with Crippen molar-refractivity contribution in [2.24, 2.45) is 5.18 Å². The summed E-state index contributed by atoms with van der Waals surface area (Å²) in [7, 11) is 0. The van der Waals surface area contributed by atoms with E-state index in [-0.39, 0.29) is 5.82 Å². The van der Waals surface area contributed by atoms with Crippen LogP contribution in [0.15, 0.2) is 17.4 Å². The maximum Gasteiger partial charge on any atom is 0.204 e. The van der Waals surface area contributed by atoms with Gasteiger partial charge in [0.15, 0.2) is 5.65 Å². The number of imidazole rings is 1. The molecule has 4 nitrogen and oxygen atoms in total. The number of aromatic nitrogens is 2. The smallest absolute Gasteiger partial charge is 0.204 e. The van der Waals surface area contributed by atoms with Gasteiger partial charge in [0.25, 0.3) is 0 Å². The molecule has 0 aliphatic rings. The highest BCUT2D eigenvalue weighted by Crippen LogP contribution is 2.27. The number of hydrogen-bond donors (Lipinski definition) is 0. The molecule has 0 N–H and O–H groups in total. The minimum atomic E-state index is 0.226. The molecule has 2 rings (SSSR count). The predicted octanol–water partition coefficient (Wildman–Crippen LogP) is 3.35. The second-order valence-corrected chi connectivity index (χ2v) is 3.66. The number of nitroso groups, excluding NO2 is 1. The minimum Gasteiger partial charge on any atom is -0.279 e. The molecule has 0 aromatic carbocycles. The zero-order valence-electron chi connectivity index (χ0n) is 7.16. The molecule has 0 saturated heterocycles. The lowest BCUT2D eigenvalue weighted by Gasteiger charge is -1.97. The Morgan fingerprint density at radius 2 is 2.21 bits per heavy atom. The third-order valence-electron chi connectivity index (χ3n) is 1.87. The van der Waals surface area contributed by atoms with Crippen LogP contribution in [0.4, 0.5) is 5.82 Å². The molecule has 0 radical (unpaired) electrons. The van der Waals surface area contributed by atoms with Crippen LogP contribution in [0.3, 0.4) is 0 Å². The van der Waals surface area contributed by atoms with Gasteiger partial charge in [0.05, 0.1) is 15.7 Å². The lowest BCUT2D eigenvalue weighted by atomic mass is 10.4. The van der Waals surface area contributed by atoms with Gasteiger partial charge in [-0.1, -0.05) is 23.2 Å². The average Bonchev–Trinajstić information content (AvgIpc) is 2.41. The van der Waals surface area contributed by atoms with Crippen molar-refractivity contribution in [2.75, 3.05) is 0 Å². The van der Waals surface area contributed by atoms with Gasteiger partial charge in [-0.25, -0.2) is 4.98 Å². The normalized spacial score (nSPS) is 10.8. The lowest BCUT2D eigenvalue weighted by Crippen LogP contribution is -1.84. The fourth-order valence-corrected chi connectivity index (χ4v) is 1.80. The number of rotatable bonds is 1. The Bertz CT molecular complexity index is 521. The van der Waals surface area contributed by atoms with E-state index in [0.29, 0.717) is 21.4 Å². The Balaban J connectivity index is 2.94. The molecule has 14 heavy (non-hydrogen) atoms. The molecule has 0 aliphatic carbocycles. The first-order valence-corrected chi connectivity index (χ1v) is 4.56. The van der Waals surface area contributed by atoms with Gasteiger partial charge in [-0.3, -0.25) is 4.40 Å². The highest BCUT2D eigenvalue weighted by atomic mass is 35.5. The molecule has 2 aromatic heterocycles. The molecular formula is C8H5Cl2N3O. The largest absolute Gasteiger partial charge is 0.279 e. The Morgan fingerprint density at radius 1 is 1.50 bits per heavy atom. The maximum atomic E-state index is 10.5.